The standard InChI is InChI=1S/C18H18N4O2/c1-12-5-6-14-16(8-12)22-13(10-24-11-17(22)21-14)9-20-18(23)15-4-2-3-7-19-15/h2-8,13H,9-11H2,1H3,(H,20,23)/t13-/m0/s1. The minimum absolute atomic E-state index is 0.0215. The Morgan fingerprint density at radius 1 is 1.38 bits per heavy atom. The summed E-state index contributed by atoms with van der Waals surface area (Å²) in [6, 6.07) is 11.5. The number of ether oxygens (including phenoxy) is 1. The Balaban J connectivity index is 1.59. The first-order chi connectivity index (χ1) is 11.7. The number of aromatic nitrogens is 3. The van der Waals surface area contributed by atoms with Gasteiger partial charge in [-0.05, 0) is 36.8 Å². The molecule has 0 fully saturated rings. The van der Waals surface area contributed by atoms with Crippen molar-refractivity contribution >= 4 is 16.9 Å². The molecule has 1 amide bonds. The second-order valence-corrected chi connectivity index (χ2v) is 5.98. The lowest BCUT2D eigenvalue weighted by atomic mass is 10.2. The molecule has 0 saturated heterocycles. The number of carbonyl (C=O) groups is 1. The van der Waals surface area contributed by atoms with Gasteiger partial charge in [0.2, 0.25) is 0 Å². The van der Waals surface area contributed by atoms with Gasteiger partial charge in [0.1, 0.15) is 18.1 Å². The summed E-state index contributed by atoms with van der Waals surface area (Å²) in [6.45, 7) is 3.59. The maximum atomic E-state index is 12.2. The number of pyridine rings is 1. The minimum atomic E-state index is -0.177. The average molecular weight is 322 g/mol. The summed E-state index contributed by atoms with van der Waals surface area (Å²) in [4.78, 5) is 20.9. The van der Waals surface area contributed by atoms with E-state index in [1.165, 1.54) is 5.56 Å². The first-order valence-corrected chi connectivity index (χ1v) is 7.97. The summed E-state index contributed by atoms with van der Waals surface area (Å²) in [5.41, 5.74) is 3.65. The van der Waals surface area contributed by atoms with Crippen LogP contribution < -0.4 is 5.32 Å². The fraction of sp³-hybridized carbons (Fsp3) is 0.278. The predicted molar refractivity (Wildman–Crippen MR) is 89.7 cm³/mol. The highest BCUT2D eigenvalue weighted by Gasteiger charge is 2.24. The van der Waals surface area contributed by atoms with Crippen LogP contribution in [0.1, 0.15) is 27.9 Å². The van der Waals surface area contributed by atoms with Gasteiger partial charge in [0.15, 0.2) is 0 Å². The van der Waals surface area contributed by atoms with Crippen molar-refractivity contribution in [1.82, 2.24) is 19.9 Å². The number of benzene rings is 1. The zero-order valence-electron chi connectivity index (χ0n) is 13.4. The molecular weight excluding hydrogens is 304 g/mol. The highest BCUT2D eigenvalue weighted by molar-refractivity contribution is 5.92. The Morgan fingerprint density at radius 3 is 3.12 bits per heavy atom. The van der Waals surface area contributed by atoms with Crippen molar-refractivity contribution in [2.24, 2.45) is 0 Å². The summed E-state index contributed by atoms with van der Waals surface area (Å²) in [5, 5.41) is 2.95. The quantitative estimate of drug-likeness (QED) is 0.803. The van der Waals surface area contributed by atoms with Crippen molar-refractivity contribution in [3.8, 4) is 0 Å². The van der Waals surface area contributed by atoms with E-state index in [9.17, 15) is 4.79 Å². The normalized spacial score (nSPS) is 16.8. The third-order valence-corrected chi connectivity index (χ3v) is 4.22. The number of nitrogens with one attached hydrogen (secondary N) is 1. The Labute approximate surface area is 139 Å². The van der Waals surface area contributed by atoms with Gasteiger partial charge < -0.3 is 14.6 Å². The molecule has 0 unspecified atom stereocenters. The summed E-state index contributed by atoms with van der Waals surface area (Å²) in [7, 11) is 0. The lowest BCUT2D eigenvalue weighted by Gasteiger charge is -2.26. The van der Waals surface area contributed by atoms with Crippen molar-refractivity contribution in [2.75, 3.05) is 13.2 Å². The van der Waals surface area contributed by atoms with E-state index in [0.29, 0.717) is 25.5 Å². The first kappa shape index (κ1) is 14.8. The zero-order valence-corrected chi connectivity index (χ0v) is 13.4. The Hall–Kier alpha value is -2.73. The van der Waals surface area contributed by atoms with Gasteiger partial charge in [-0.1, -0.05) is 12.1 Å². The molecule has 122 valence electrons. The highest BCUT2D eigenvalue weighted by atomic mass is 16.5. The highest BCUT2D eigenvalue weighted by Crippen LogP contribution is 2.26. The average Bonchev–Trinajstić information content (AvgIpc) is 2.99. The van der Waals surface area contributed by atoms with Crippen molar-refractivity contribution in [2.45, 2.75) is 19.6 Å². The minimum Gasteiger partial charge on any atom is -0.371 e. The van der Waals surface area contributed by atoms with Gasteiger partial charge in [-0.3, -0.25) is 9.78 Å². The Morgan fingerprint density at radius 2 is 2.29 bits per heavy atom. The number of hydrogen-bond acceptors (Lipinski definition) is 4. The van der Waals surface area contributed by atoms with Crippen LogP contribution in [-0.4, -0.2) is 33.6 Å². The van der Waals surface area contributed by atoms with Crippen LogP contribution in [-0.2, 0) is 11.3 Å². The molecule has 0 spiro atoms. The maximum absolute atomic E-state index is 12.2. The smallest absolute Gasteiger partial charge is 0.269 e. The van der Waals surface area contributed by atoms with Crippen molar-refractivity contribution in [1.29, 1.82) is 0 Å². The van der Waals surface area contributed by atoms with Gasteiger partial charge in [-0.15, -0.1) is 0 Å². The fourth-order valence-corrected chi connectivity index (χ4v) is 3.07. The van der Waals surface area contributed by atoms with Gasteiger partial charge >= 0.3 is 0 Å². The molecule has 6 nitrogen and oxygen atoms in total. The molecule has 3 aromatic rings. The molecule has 0 bridgehead atoms. The first-order valence-electron chi connectivity index (χ1n) is 7.97. The number of hydrogen-bond donors (Lipinski definition) is 1. The van der Waals surface area contributed by atoms with E-state index in [1.807, 2.05) is 6.07 Å². The van der Waals surface area contributed by atoms with Crippen LogP contribution in [0.25, 0.3) is 11.0 Å². The van der Waals surface area contributed by atoms with E-state index < -0.39 is 0 Å². The molecule has 1 atom stereocenters. The monoisotopic (exact) mass is 322 g/mol. The van der Waals surface area contributed by atoms with Crippen LogP contribution in [0.3, 0.4) is 0 Å². The Bertz CT molecular complexity index is 889. The van der Waals surface area contributed by atoms with Gasteiger partial charge in [0.05, 0.1) is 23.7 Å². The number of nitrogens with zero attached hydrogens (tertiary/aromatic N) is 3. The molecular formula is C18H18N4O2. The summed E-state index contributed by atoms with van der Waals surface area (Å²) >= 11 is 0. The van der Waals surface area contributed by atoms with E-state index in [4.69, 9.17) is 4.74 Å². The number of fused-ring (bicyclic) bond motifs is 3. The molecule has 4 rings (SSSR count). The van der Waals surface area contributed by atoms with E-state index >= 15 is 0 Å². The molecule has 0 radical (unpaired) electrons. The lowest BCUT2D eigenvalue weighted by molar-refractivity contribution is 0.0552. The van der Waals surface area contributed by atoms with Crippen LogP contribution in [0.5, 0.6) is 0 Å². The lowest BCUT2D eigenvalue weighted by Crippen LogP contribution is -2.36. The maximum Gasteiger partial charge on any atom is 0.269 e. The van der Waals surface area contributed by atoms with Crippen LogP contribution in [0, 0.1) is 6.92 Å². The zero-order chi connectivity index (χ0) is 16.5. The molecule has 1 aliphatic rings. The number of imidazole rings is 1. The van der Waals surface area contributed by atoms with Crippen LogP contribution in [0.4, 0.5) is 0 Å². The Kier molecular flexibility index (Phi) is 3.74. The van der Waals surface area contributed by atoms with Crippen molar-refractivity contribution < 1.29 is 9.53 Å². The topological polar surface area (TPSA) is 69.0 Å². The molecule has 24 heavy (non-hydrogen) atoms. The predicted octanol–water partition coefficient (Wildman–Crippen LogP) is 2.24. The molecule has 0 saturated carbocycles. The van der Waals surface area contributed by atoms with E-state index in [1.54, 1.807) is 24.4 Å². The second-order valence-electron chi connectivity index (χ2n) is 5.98. The van der Waals surface area contributed by atoms with Gasteiger partial charge in [-0.2, -0.15) is 0 Å². The van der Waals surface area contributed by atoms with E-state index in [0.717, 1.165) is 16.9 Å². The summed E-state index contributed by atoms with van der Waals surface area (Å²) < 4.78 is 7.84. The van der Waals surface area contributed by atoms with Gasteiger partial charge in [0.25, 0.3) is 5.91 Å². The number of carbonyl (C=O) groups excluding carboxylic acids is 1. The van der Waals surface area contributed by atoms with E-state index in [-0.39, 0.29) is 11.9 Å². The van der Waals surface area contributed by atoms with Crippen LogP contribution >= 0.6 is 0 Å². The third kappa shape index (κ3) is 2.65. The number of amides is 1. The largest absolute Gasteiger partial charge is 0.371 e. The molecule has 0 aliphatic carbocycles. The van der Waals surface area contributed by atoms with Crippen molar-refractivity contribution in [3.63, 3.8) is 0 Å². The summed E-state index contributed by atoms with van der Waals surface area (Å²) in [5.74, 6) is 0.724. The van der Waals surface area contributed by atoms with Crippen LogP contribution in [0.15, 0.2) is 42.6 Å². The number of rotatable bonds is 3. The second kappa shape index (κ2) is 6.05. The molecule has 1 N–H and O–H groups in total. The molecule has 1 aromatic carbocycles. The number of aryl methyl sites for hydroxylation is 1. The molecule has 2 aromatic heterocycles. The van der Waals surface area contributed by atoms with Gasteiger partial charge in [-0.25, -0.2) is 4.98 Å². The molecule has 1 aliphatic heterocycles. The van der Waals surface area contributed by atoms with Gasteiger partial charge in [0, 0.05) is 12.7 Å². The third-order valence-electron chi connectivity index (χ3n) is 4.22. The van der Waals surface area contributed by atoms with Crippen LogP contribution in [0.2, 0.25) is 0 Å². The fourth-order valence-electron chi connectivity index (χ4n) is 3.07. The molecule has 3 heterocycles. The molecule has 6 heteroatoms. The van der Waals surface area contributed by atoms with E-state index in [2.05, 4.69) is 38.9 Å². The van der Waals surface area contributed by atoms with Crippen molar-refractivity contribution in [3.05, 3.63) is 59.7 Å². The SMILES string of the molecule is Cc1ccc2nc3n(c2c1)[C@@H](CNC(=O)c1ccccn1)COC3. The summed E-state index contributed by atoms with van der Waals surface area (Å²) in [6.07, 6.45) is 1.61.